The Hall–Kier alpha value is -0.120. The molecule has 19 heavy (non-hydrogen) atoms. The van der Waals surface area contributed by atoms with Gasteiger partial charge in [0.15, 0.2) is 0 Å². The molecule has 0 aromatic heterocycles. The van der Waals surface area contributed by atoms with E-state index in [1.165, 1.54) is 70.8 Å². The lowest BCUT2D eigenvalue weighted by molar-refractivity contribution is -0.110. The topological polar surface area (TPSA) is 38.5 Å². The van der Waals surface area contributed by atoms with Gasteiger partial charge in [0.05, 0.1) is 5.60 Å². The van der Waals surface area contributed by atoms with Gasteiger partial charge in [-0.2, -0.15) is 0 Å². The van der Waals surface area contributed by atoms with E-state index in [2.05, 4.69) is 4.90 Å². The first kappa shape index (κ1) is 13.8. The summed E-state index contributed by atoms with van der Waals surface area (Å²) in [7, 11) is 0. The minimum absolute atomic E-state index is 0.258. The number of piperidine rings is 1. The van der Waals surface area contributed by atoms with Crippen LogP contribution in [0.25, 0.3) is 0 Å². The molecule has 0 aromatic carbocycles. The van der Waals surface area contributed by atoms with Crippen LogP contribution in [-0.4, -0.2) is 42.3 Å². The van der Waals surface area contributed by atoms with Crippen molar-refractivity contribution >= 4 is 0 Å². The molecule has 0 bridgehead atoms. The van der Waals surface area contributed by atoms with E-state index in [1.807, 2.05) is 0 Å². The van der Waals surface area contributed by atoms with Gasteiger partial charge in [0.2, 0.25) is 0 Å². The average molecular weight is 266 g/mol. The van der Waals surface area contributed by atoms with Gasteiger partial charge in [-0.15, -0.1) is 0 Å². The highest BCUT2D eigenvalue weighted by molar-refractivity contribution is 4.96. The second kappa shape index (κ2) is 6.11. The molecule has 1 spiro atoms. The quantitative estimate of drug-likeness (QED) is 0.853. The van der Waals surface area contributed by atoms with Gasteiger partial charge >= 0.3 is 0 Å². The van der Waals surface area contributed by atoms with Gasteiger partial charge in [0.25, 0.3) is 0 Å². The fraction of sp³-hybridized carbons (Fsp3) is 1.00. The van der Waals surface area contributed by atoms with Crippen molar-refractivity contribution in [2.75, 3.05) is 19.7 Å². The second-order valence-corrected chi connectivity index (χ2v) is 6.85. The Balaban J connectivity index is 1.65. The standard InChI is InChI=1S/C16H30N2O/c17-10-6-14-5-1-4-11-18(14)15-7-12-19-16(13-15)8-2-3-9-16/h14-15H,1-13,17H2. The molecule has 2 N–H and O–H groups in total. The fourth-order valence-corrected chi connectivity index (χ4v) is 4.66. The largest absolute Gasteiger partial charge is 0.375 e. The molecule has 2 heterocycles. The smallest absolute Gasteiger partial charge is 0.0697 e. The number of ether oxygens (including phenoxy) is 1. The molecule has 3 aliphatic rings. The summed E-state index contributed by atoms with van der Waals surface area (Å²) in [6.07, 6.45) is 13.2. The molecule has 3 nitrogen and oxygen atoms in total. The van der Waals surface area contributed by atoms with Crippen molar-refractivity contribution in [3.05, 3.63) is 0 Å². The second-order valence-electron chi connectivity index (χ2n) is 6.85. The summed E-state index contributed by atoms with van der Waals surface area (Å²) in [5, 5.41) is 0. The maximum Gasteiger partial charge on any atom is 0.0697 e. The molecular formula is C16H30N2O. The molecule has 2 aliphatic heterocycles. The van der Waals surface area contributed by atoms with Gasteiger partial charge < -0.3 is 10.5 Å². The van der Waals surface area contributed by atoms with E-state index < -0.39 is 0 Å². The van der Waals surface area contributed by atoms with Crippen molar-refractivity contribution < 1.29 is 4.74 Å². The Morgan fingerprint density at radius 3 is 2.74 bits per heavy atom. The van der Waals surface area contributed by atoms with Gasteiger partial charge in [-0.05, 0) is 58.0 Å². The Morgan fingerprint density at radius 2 is 1.95 bits per heavy atom. The lowest BCUT2D eigenvalue weighted by Crippen LogP contribution is -2.53. The third-order valence-electron chi connectivity index (χ3n) is 5.62. The van der Waals surface area contributed by atoms with Crippen molar-refractivity contribution in [1.82, 2.24) is 4.90 Å². The summed E-state index contributed by atoms with van der Waals surface area (Å²) in [5.41, 5.74) is 6.07. The molecule has 110 valence electrons. The van der Waals surface area contributed by atoms with E-state index >= 15 is 0 Å². The van der Waals surface area contributed by atoms with Crippen LogP contribution in [0.5, 0.6) is 0 Å². The minimum atomic E-state index is 0.258. The number of nitrogens with zero attached hydrogens (tertiary/aromatic N) is 1. The molecule has 1 aliphatic carbocycles. The van der Waals surface area contributed by atoms with Gasteiger partial charge in [0, 0.05) is 18.7 Å². The maximum absolute atomic E-state index is 6.19. The molecular weight excluding hydrogens is 236 g/mol. The van der Waals surface area contributed by atoms with Crippen LogP contribution in [0.4, 0.5) is 0 Å². The molecule has 3 heteroatoms. The predicted octanol–water partition coefficient (Wildman–Crippen LogP) is 2.68. The third kappa shape index (κ3) is 2.98. The highest BCUT2D eigenvalue weighted by Gasteiger charge is 2.42. The first-order valence-electron chi connectivity index (χ1n) is 8.43. The van der Waals surface area contributed by atoms with Crippen LogP contribution in [-0.2, 0) is 4.74 Å². The van der Waals surface area contributed by atoms with Gasteiger partial charge in [-0.25, -0.2) is 0 Å². The summed E-state index contributed by atoms with van der Waals surface area (Å²) in [6.45, 7) is 3.12. The van der Waals surface area contributed by atoms with Crippen molar-refractivity contribution in [2.45, 2.75) is 81.9 Å². The zero-order valence-electron chi connectivity index (χ0n) is 12.3. The van der Waals surface area contributed by atoms with Crippen molar-refractivity contribution in [3.8, 4) is 0 Å². The average Bonchev–Trinajstić information content (AvgIpc) is 2.88. The Labute approximate surface area is 117 Å². The number of likely N-dealkylation sites (tertiary alicyclic amines) is 1. The van der Waals surface area contributed by atoms with E-state index in [1.54, 1.807) is 0 Å². The van der Waals surface area contributed by atoms with Crippen LogP contribution in [0.3, 0.4) is 0 Å². The van der Waals surface area contributed by atoms with E-state index in [-0.39, 0.29) is 5.60 Å². The zero-order chi connectivity index (χ0) is 13.1. The number of hydrogen-bond donors (Lipinski definition) is 1. The molecule has 2 unspecified atom stereocenters. The van der Waals surface area contributed by atoms with Crippen molar-refractivity contribution in [2.24, 2.45) is 5.73 Å². The highest BCUT2D eigenvalue weighted by atomic mass is 16.5. The first-order valence-corrected chi connectivity index (χ1v) is 8.43. The van der Waals surface area contributed by atoms with Gasteiger partial charge in [0.1, 0.15) is 0 Å². The summed E-state index contributed by atoms with van der Waals surface area (Å²) in [4.78, 5) is 2.80. The first-order chi connectivity index (χ1) is 9.33. The number of rotatable bonds is 3. The summed E-state index contributed by atoms with van der Waals surface area (Å²) in [5.74, 6) is 0. The third-order valence-corrected chi connectivity index (χ3v) is 5.62. The summed E-state index contributed by atoms with van der Waals surface area (Å²) >= 11 is 0. The monoisotopic (exact) mass is 266 g/mol. The van der Waals surface area contributed by atoms with E-state index in [4.69, 9.17) is 10.5 Å². The maximum atomic E-state index is 6.19. The molecule has 0 radical (unpaired) electrons. The lowest BCUT2D eigenvalue weighted by atomic mass is 9.85. The zero-order valence-corrected chi connectivity index (χ0v) is 12.3. The lowest BCUT2D eigenvalue weighted by Gasteiger charge is -2.47. The van der Waals surface area contributed by atoms with Crippen molar-refractivity contribution in [1.29, 1.82) is 0 Å². The summed E-state index contributed by atoms with van der Waals surface area (Å²) in [6, 6.07) is 1.52. The Bertz CT molecular complexity index is 286. The molecule has 3 fully saturated rings. The molecule has 0 aromatic rings. The van der Waals surface area contributed by atoms with Gasteiger partial charge in [-0.1, -0.05) is 19.3 Å². The van der Waals surface area contributed by atoms with Crippen LogP contribution >= 0.6 is 0 Å². The Morgan fingerprint density at radius 1 is 1.11 bits per heavy atom. The number of nitrogens with two attached hydrogens (primary N) is 1. The SMILES string of the molecule is NCCC1CCCCN1C1CCOC2(CCCC2)C1. The molecule has 2 saturated heterocycles. The molecule has 1 saturated carbocycles. The fourth-order valence-electron chi connectivity index (χ4n) is 4.66. The van der Waals surface area contributed by atoms with Crippen LogP contribution in [0.15, 0.2) is 0 Å². The highest BCUT2D eigenvalue weighted by Crippen LogP contribution is 2.42. The van der Waals surface area contributed by atoms with E-state index in [0.717, 1.165) is 25.2 Å². The summed E-state index contributed by atoms with van der Waals surface area (Å²) < 4.78 is 6.19. The molecule has 2 atom stereocenters. The number of hydrogen-bond acceptors (Lipinski definition) is 3. The Kier molecular flexibility index (Phi) is 4.45. The van der Waals surface area contributed by atoms with Crippen LogP contribution in [0.1, 0.15) is 64.2 Å². The minimum Gasteiger partial charge on any atom is -0.375 e. The predicted molar refractivity (Wildman–Crippen MR) is 78.2 cm³/mol. The van der Waals surface area contributed by atoms with Crippen LogP contribution < -0.4 is 5.73 Å². The van der Waals surface area contributed by atoms with E-state index in [0.29, 0.717) is 0 Å². The normalized spacial score (nSPS) is 35.8. The van der Waals surface area contributed by atoms with Gasteiger partial charge in [-0.3, -0.25) is 4.90 Å². The molecule has 3 rings (SSSR count). The van der Waals surface area contributed by atoms with Crippen molar-refractivity contribution in [3.63, 3.8) is 0 Å². The van der Waals surface area contributed by atoms with Crippen LogP contribution in [0, 0.1) is 0 Å². The van der Waals surface area contributed by atoms with Crippen LogP contribution in [0.2, 0.25) is 0 Å². The molecule has 0 amide bonds. The van der Waals surface area contributed by atoms with E-state index in [9.17, 15) is 0 Å².